The number of aromatic hydroxyl groups is 1. The van der Waals surface area contributed by atoms with Crippen molar-refractivity contribution in [2.75, 3.05) is 0 Å². The van der Waals surface area contributed by atoms with Gasteiger partial charge in [-0.3, -0.25) is 4.99 Å². The zero-order valence-corrected chi connectivity index (χ0v) is 11.2. The summed E-state index contributed by atoms with van der Waals surface area (Å²) in [6.45, 7) is 0. The number of hydrogen-bond donors (Lipinski definition) is 1. The second-order valence-electron chi connectivity index (χ2n) is 4.61. The van der Waals surface area contributed by atoms with Crippen LogP contribution in [0.15, 0.2) is 65.7 Å². The van der Waals surface area contributed by atoms with E-state index in [2.05, 4.69) is 11.1 Å². The first-order chi connectivity index (χ1) is 10.3. The smallest absolute Gasteiger partial charge is 0.124 e. The van der Waals surface area contributed by atoms with Crippen LogP contribution in [0.4, 0.5) is 5.69 Å². The Hall–Kier alpha value is -3.12. The SMILES string of the molecule is N#Cc1ccccc1/N=C/c1c(O)ccc2ccccc12. The van der Waals surface area contributed by atoms with Crippen LogP contribution in [0.5, 0.6) is 5.75 Å². The zero-order chi connectivity index (χ0) is 14.7. The molecule has 3 aromatic carbocycles. The van der Waals surface area contributed by atoms with Gasteiger partial charge in [-0.2, -0.15) is 5.26 Å². The summed E-state index contributed by atoms with van der Waals surface area (Å²) >= 11 is 0. The van der Waals surface area contributed by atoms with Crippen molar-refractivity contribution in [3.05, 3.63) is 71.8 Å². The Bertz CT molecular complexity index is 876. The van der Waals surface area contributed by atoms with Crippen molar-refractivity contribution in [2.24, 2.45) is 4.99 Å². The van der Waals surface area contributed by atoms with Gasteiger partial charge in [0.25, 0.3) is 0 Å². The van der Waals surface area contributed by atoms with Gasteiger partial charge in [-0.05, 0) is 29.0 Å². The van der Waals surface area contributed by atoms with Crippen molar-refractivity contribution in [2.45, 2.75) is 0 Å². The van der Waals surface area contributed by atoms with Gasteiger partial charge in [-0.1, -0.05) is 42.5 Å². The van der Waals surface area contributed by atoms with Crippen LogP contribution in [-0.2, 0) is 0 Å². The molecule has 0 spiro atoms. The largest absolute Gasteiger partial charge is 0.507 e. The Kier molecular flexibility index (Phi) is 3.36. The van der Waals surface area contributed by atoms with Gasteiger partial charge in [0.15, 0.2) is 0 Å². The molecule has 0 fully saturated rings. The van der Waals surface area contributed by atoms with Crippen molar-refractivity contribution < 1.29 is 5.11 Å². The van der Waals surface area contributed by atoms with E-state index in [0.717, 1.165) is 10.8 Å². The molecule has 0 heterocycles. The van der Waals surface area contributed by atoms with Crippen LogP contribution in [-0.4, -0.2) is 11.3 Å². The van der Waals surface area contributed by atoms with Gasteiger partial charge in [0.2, 0.25) is 0 Å². The predicted octanol–water partition coefficient (Wildman–Crippen LogP) is 4.17. The lowest BCUT2D eigenvalue weighted by Gasteiger charge is -2.04. The molecule has 0 atom stereocenters. The Balaban J connectivity index is 2.12. The van der Waals surface area contributed by atoms with Gasteiger partial charge < -0.3 is 5.11 Å². The summed E-state index contributed by atoms with van der Waals surface area (Å²) in [5.74, 6) is 0.173. The lowest BCUT2D eigenvalue weighted by atomic mass is 10.0. The standard InChI is InChI=1S/C18H12N2O/c19-11-14-6-2-4-8-17(14)20-12-16-15-7-3-1-5-13(15)9-10-18(16)21/h1-10,12,21H/b20-12+. The van der Waals surface area contributed by atoms with Crippen LogP contribution < -0.4 is 0 Å². The molecule has 0 amide bonds. The molecule has 0 saturated heterocycles. The van der Waals surface area contributed by atoms with Gasteiger partial charge in [-0.25, -0.2) is 0 Å². The van der Waals surface area contributed by atoms with Crippen molar-refractivity contribution >= 4 is 22.7 Å². The highest BCUT2D eigenvalue weighted by Gasteiger charge is 2.05. The van der Waals surface area contributed by atoms with Crippen LogP contribution in [0, 0.1) is 11.3 Å². The number of para-hydroxylation sites is 1. The van der Waals surface area contributed by atoms with Crippen LogP contribution in [0.25, 0.3) is 10.8 Å². The number of phenolic OH excluding ortho intramolecular Hbond substituents is 1. The third-order valence-electron chi connectivity index (χ3n) is 3.30. The second-order valence-corrected chi connectivity index (χ2v) is 4.61. The molecular weight excluding hydrogens is 260 g/mol. The van der Waals surface area contributed by atoms with Crippen LogP contribution in [0.2, 0.25) is 0 Å². The monoisotopic (exact) mass is 272 g/mol. The maximum absolute atomic E-state index is 10.1. The average molecular weight is 272 g/mol. The summed E-state index contributed by atoms with van der Waals surface area (Å²) < 4.78 is 0. The summed E-state index contributed by atoms with van der Waals surface area (Å²) in [7, 11) is 0. The molecule has 0 saturated carbocycles. The van der Waals surface area contributed by atoms with Gasteiger partial charge in [0.05, 0.1) is 11.3 Å². The van der Waals surface area contributed by atoms with E-state index in [1.54, 1.807) is 30.5 Å². The number of hydrogen-bond acceptors (Lipinski definition) is 3. The minimum atomic E-state index is 0.173. The molecule has 21 heavy (non-hydrogen) atoms. The molecule has 0 aromatic heterocycles. The average Bonchev–Trinajstić information content (AvgIpc) is 2.54. The van der Waals surface area contributed by atoms with E-state index in [4.69, 9.17) is 5.26 Å². The summed E-state index contributed by atoms with van der Waals surface area (Å²) in [4.78, 5) is 4.35. The van der Waals surface area contributed by atoms with E-state index >= 15 is 0 Å². The summed E-state index contributed by atoms with van der Waals surface area (Å²) in [5, 5.41) is 21.1. The fourth-order valence-electron chi connectivity index (χ4n) is 2.23. The predicted molar refractivity (Wildman–Crippen MR) is 84.0 cm³/mol. The topological polar surface area (TPSA) is 56.4 Å². The van der Waals surface area contributed by atoms with Crippen molar-refractivity contribution in [3.63, 3.8) is 0 Å². The van der Waals surface area contributed by atoms with E-state index in [0.29, 0.717) is 16.8 Å². The Morgan fingerprint density at radius 1 is 0.952 bits per heavy atom. The number of aliphatic imine (C=N–C) groups is 1. The number of phenols is 1. The quantitative estimate of drug-likeness (QED) is 0.712. The minimum Gasteiger partial charge on any atom is -0.507 e. The highest BCUT2D eigenvalue weighted by atomic mass is 16.3. The fourth-order valence-corrected chi connectivity index (χ4v) is 2.23. The highest BCUT2D eigenvalue weighted by molar-refractivity contribution is 6.03. The van der Waals surface area contributed by atoms with Crippen LogP contribution >= 0.6 is 0 Å². The number of nitrogens with zero attached hydrogens (tertiary/aromatic N) is 2. The van der Waals surface area contributed by atoms with Gasteiger partial charge >= 0.3 is 0 Å². The molecule has 3 nitrogen and oxygen atoms in total. The second kappa shape index (κ2) is 5.48. The molecule has 0 bridgehead atoms. The van der Waals surface area contributed by atoms with E-state index < -0.39 is 0 Å². The Morgan fingerprint density at radius 3 is 2.57 bits per heavy atom. The zero-order valence-electron chi connectivity index (χ0n) is 11.2. The van der Waals surface area contributed by atoms with E-state index in [9.17, 15) is 5.11 Å². The third kappa shape index (κ3) is 2.47. The van der Waals surface area contributed by atoms with Crippen molar-refractivity contribution in [1.82, 2.24) is 0 Å². The van der Waals surface area contributed by atoms with E-state index in [1.165, 1.54) is 0 Å². The molecule has 3 heteroatoms. The lowest BCUT2D eigenvalue weighted by Crippen LogP contribution is -1.86. The molecule has 3 rings (SSSR count). The maximum atomic E-state index is 10.1. The summed E-state index contributed by atoms with van der Waals surface area (Å²) in [5.41, 5.74) is 1.75. The van der Waals surface area contributed by atoms with Gasteiger partial charge in [0.1, 0.15) is 11.8 Å². The lowest BCUT2D eigenvalue weighted by molar-refractivity contribution is 0.475. The third-order valence-corrected chi connectivity index (χ3v) is 3.30. The Labute approximate surface area is 122 Å². The molecule has 1 N–H and O–H groups in total. The number of benzene rings is 3. The first kappa shape index (κ1) is 12.9. The first-order valence-corrected chi connectivity index (χ1v) is 6.53. The normalized spacial score (nSPS) is 10.8. The number of nitriles is 1. The molecule has 100 valence electrons. The summed E-state index contributed by atoms with van der Waals surface area (Å²) in [6, 6.07) is 20.5. The molecule has 0 radical (unpaired) electrons. The Morgan fingerprint density at radius 2 is 1.71 bits per heavy atom. The maximum Gasteiger partial charge on any atom is 0.124 e. The van der Waals surface area contributed by atoms with Gasteiger partial charge in [0, 0.05) is 11.8 Å². The van der Waals surface area contributed by atoms with Crippen molar-refractivity contribution in [3.8, 4) is 11.8 Å². The van der Waals surface area contributed by atoms with E-state index in [1.807, 2.05) is 36.4 Å². The highest BCUT2D eigenvalue weighted by Crippen LogP contribution is 2.26. The van der Waals surface area contributed by atoms with Crippen LogP contribution in [0.1, 0.15) is 11.1 Å². The molecule has 0 unspecified atom stereocenters. The molecule has 3 aromatic rings. The molecule has 0 aliphatic rings. The first-order valence-electron chi connectivity index (χ1n) is 6.53. The minimum absolute atomic E-state index is 0.173. The fraction of sp³-hybridized carbons (Fsp3) is 0. The molecule has 0 aliphatic carbocycles. The van der Waals surface area contributed by atoms with Crippen molar-refractivity contribution in [1.29, 1.82) is 5.26 Å². The molecular formula is C18H12N2O. The van der Waals surface area contributed by atoms with E-state index in [-0.39, 0.29) is 5.75 Å². The number of rotatable bonds is 2. The van der Waals surface area contributed by atoms with Crippen LogP contribution in [0.3, 0.4) is 0 Å². The van der Waals surface area contributed by atoms with Gasteiger partial charge in [-0.15, -0.1) is 0 Å². The number of fused-ring (bicyclic) bond motifs is 1. The summed E-state index contributed by atoms with van der Waals surface area (Å²) in [6.07, 6.45) is 1.60. The molecule has 0 aliphatic heterocycles.